The molecule has 2 N–H and O–H groups in total. The van der Waals surface area contributed by atoms with Gasteiger partial charge in [0.15, 0.2) is 0 Å². The summed E-state index contributed by atoms with van der Waals surface area (Å²) >= 11 is 2.01. The molecule has 0 amide bonds. The van der Waals surface area contributed by atoms with Crippen LogP contribution in [0.15, 0.2) is 0 Å². The quantitative estimate of drug-likeness (QED) is 0.578. The van der Waals surface area contributed by atoms with Gasteiger partial charge in [0.1, 0.15) is 0 Å². The van der Waals surface area contributed by atoms with Gasteiger partial charge in [0.2, 0.25) is 0 Å². The molecule has 14 heavy (non-hydrogen) atoms. The molecule has 0 aromatic carbocycles. The van der Waals surface area contributed by atoms with Gasteiger partial charge in [-0.3, -0.25) is 0 Å². The number of rotatable bonds is 9. The number of hydrogen-bond acceptors (Lipinski definition) is 3. The van der Waals surface area contributed by atoms with E-state index in [0.29, 0.717) is 12.6 Å². The van der Waals surface area contributed by atoms with E-state index in [1.54, 1.807) is 0 Å². The van der Waals surface area contributed by atoms with Crippen LogP contribution in [0, 0.1) is 5.92 Å². The maximum atomic E-state index is 8.91. The van der Waals surface area contributed by atoms with Crippen LogP contribution in [0.3, 0.4) is 0 Å². The summed E-state index contributed by atoms with van der Waals surface area (Å²) in [6.45, 7) is 3.66. The molecule has 0 radical (unpaired) electrons. The lowest BCUT2D eigenvalue weighted by molar-refractivity contribution is 0.256. The van der Waals surface area contributed by atoms with Crippen molar-refractivity contribution in [1.29, 1.82) is 0 Å². The monoisotopic (exact) mass is 217 g/mol. The molecule has 3 heteroatoms. The van der Waals surface area contributed by atoms with Crippen LogP contribution in [0.2, 0.25) is 0 Å². The summed E-state index contributed by atoms with van der Waals surface area (Å²) in [5.41, 5.74) is 0. The van der Waals surface area contributed by atoms with Crippen molar-refractivity contribution in [2.45, 2.75) is 38.6 Å². The SMILES string of the molecule is CCSCCCNC(CCO)C1CC1. The van der Waals surface area contributed by atoms with Crippen LogP contribution in [0.4, 0.5) is 0 Å². The number of nitrogens with one attached hydrogen (secondary N) is 1. The molecule has 1 fully saturated rings. The molecule has 84 valence electrons. The van der Waals surface area contributed by atoms with Gasteiger partial charge >= 0.3 is 0 Å². The maximum Gasteiger partial charge on any atom is 0.0445 e. The Hall–Kier alpha value is 0.270. The van der Waals surface area contributed by atoms with Crippen LogP contribution in [0.1, 0.15) is 32.6 Å². The Bertz CT molecular complexity index is 139. The Morgan fingerprint density at radius 3 is 2.86 bits per heavy atom. The zero-order valence-corrected chi connectivity index (χ0v) is 9.98. The average molecular weight is 217 g/mol. The van der Waals surface area contributed by atoms with Crippen LogP contribution in [0.5, 0.6) is 0 Å². The summed E-state index contributed by atoms with van der Waals surface area (Å²) in [6.07, 6.45) is 4.92. The second-order valence-electron chi connectivity index (χ2n) is 3.96. The van der Waals surface area contributed by atoms with Crippen LogP contribution in [-0.4, -0.2) is 35.8 Å². The van der Waals surface area contributed by atoms with Gasteiger partial charge in [-0.25, -0.2) is 0 Å². The van der Waals surface area contributed by atoms with E-state index in [1.165, 1.54) is 30.8 Å². The highest BCUT2D eigenvalue weighted by Crippen LogP contribution is 2.33. The van der Waals surface area contributed by atoms with Gasteiger partial charge in [0.05, 0.1) is 0 Å². The van der Waals surface area contributed by atoms with Crippen molar-refractivity contribution >= 4 is 11.8 Å². The molecule has 0 aromatic rings. The molecule has 0 aromatic heterocycles. The number of aliphatic hydroxyl groups is 1. The van der Waals surface area contributed by atoms with Crippen molar-refractivity contribution in [2.24, 2.45) is 5.92 Å². The molecule has 1 saturated carbocycles. The van der Waals surface area contributed by atoms with E-state index in [-0.39, 0.29) is 0 Å². The van der Waals surface area contributed by atoms with E-state index in [2.05, 4.69) is 12.2 Å². The average Bonchev–Trinajstić information content (AvgIpc) is 2.99. The topological polar surface area (TPSA) is 32.3 Å². The molecular weight excluding hydrogens is 194 g/mol. The van der Waals surface area contributed by atoms with Crippen LogP contribution in [0.25, 0.3) is 0 Å². The second-order valence-corrected chi connectivity index (χ2v) is 5.35. The van der Waals surface area contributed by atoms with E-state index in [1.807, 2.05) is 11.8 Å². The molecule has 1 aliphatic rings. The van der Waals surface area contributed by atoms with Crippen molar-refractivity contribution < 1.29 is 5.11 Å². The van der Waals surface area contributed by atoms with Gasteiger partial charge < -0.3 is 10.4 Å². The van der Waals surface area contributed by atoms with Gasteiger partial charge in [-0.2, -0.15) is 11.8 Å². The molecule has 0 spiro atoms. The fraction of sp³-hybridized carbons (Fsp3) is 1.00. The molecule has 0 bridgehead atoms. The minimum Gasteiger partial charge on any atom is -0.396 e. The molecule has 1 aliphatic carbocycles. The third-order valence-corrected chi connectivity index (χ3v) is 3.69. The normalized spacial score (nSPS) is 18.4. The highest BCUT2D eigenvalue weighted by atomic mass is 32.2. The van der Waals surface area contributed by atoms with Crippen LogP contribution < -0.4 is 5.32 Å². The van der Waals surface area contributed by atoms with Gasteiger partial charge in [-0.05, 0) is 49.7 Å². The molecule has 1 atom stereocenters. The van der Waals surface area contributed by atoms with Gasteiger partial charge in [0, 0.05) is 12.6 Å². The summed E-state index contributed by atoms with van der Waals surface area (Å²) in [6, 6.07) is 0.589. The summed E-state index contributed by atoms with van der Waals surface area (Å²) < 4.78 is 0. The summed E-state index contributed by atoms with van der Waals surface area (Å²) in [5.74, 6) is 3.35. The maximum absolute atomic E-state index is 8.91. The molecule has 1 rings (SSSR count). The fourth-order valence-electron chi connectivity index (χ4n) is 1.75. The molecule has 1 unspecified atom stereocenters. The Morgan fingerprint density at radius 1 is 1.50 bits per heavy atom. The van der Waals surface area contributed by atoms with Gasteiger partial charge in [-0.1, -0.05) is 6.92 Å². The lowest BCUT2D eigenvalue weighted by Crippen LogP contribution is -2.33. The van der Waals surface area contributed by atoms with Crippen molar-refractivity contribution in [3.05, 3.63) is 0 Å². The molecule has 0 heterocycles. The van der Waals surface area contributed by atoms with Crippen molar-refractivity contribution in [3.8, 4) is 0 Å². The van der Waals surface area contributed by atoms with Crippen molar-refractivity contribution in [1.82, 2.24) is 5.32 Å². The summed E-state index contributed by atoms with van der Waals surface area (Å²) in [4.78, 5) is 0. The highest BCUT2D eigenvalue weighted by Gasteiger charge is 2.29. The third-order valence-electron chi connectivity index (χ3n) is 2.71. The summed E-state index contributed by atoms with van der Waals surface area (Å²) in [7, 11) is 0. The molecule has 0 aliphatic heterocycles. The lowest BCUT2D eigenvalue weighted by Gasteiger charge is -2.16. The van der Waals surface area contributed by atoms with E-state index in [4.69, 9.17) is 5.11 Å². The van der Waals surface area contributed by atoms with Crippen molar-refractivity contribution in [3.63, 3.8) is 0 Å². The van der Waals surface area contributed by atoms with Crippen molar-refractivity contribution in [2.75, 3.05) is 24.7 Å². The zero-order valence-electron chi connectivity index (χ0n) is 9.17. The zero-order chi connectivity index (χ0) is 10.2. The third kappa shape index (κ3) is 5.23. The Balaban J connectivity index is 1.96. The fourth-order valence-corrected chi connectivity index (χ4v) is 2.39. The van der Waals surface area contributed by atoms with Gasteiger partial charge in [0.25, 0.3) is 0 Å². The van der Waals surface area contributed by atoms with E-state index in [9.17, 15) is 0 Å². The van der Waals surface area contributed by atoms with Crippen LogP contribution >= 0.6 is 11.8 Å². The van der Waals surface area contributed by atoms with E-state index >= 15 is 0 Å². The largest absolute Gasteiger partial charge is 0.396 e. The molecule has 0 saturated heterocycles. The second kappa shape index (κ2) is 7.55. The Kier molecular flexibility index (Phi) is 6.65. The first-order valence-electron chi connectivity index (χ1n) is 5.80. The number of aliphatic hydroxyl groups excluding tert-OH is 1. The molecular formula is C11H23NOS. The Labute approximate surface area is 91.9 Å². The minimum absolute atomic E-state index is 0.331. The minimum atomic E-state index is 0.331. The summed E-state index contributed by atoms with van der Waals surface area (Å²) in [5, 5.41) is 12.5. The standard InChI is InChI=1S/C11H23NOS/c1-2-14-9-3-7-12-11(6-8-13)10-4-5-10/h10-13H,2-9H2,1H3. The number of hydrogen-bond donors (Lipinski definition) is 2. The van der Waals surface area contributed by atoms with E-state index in [0.717, 1.165) is 18.9 Å². The smallest absolute Gasteiger partial charge is 0.0445 e. The first-order chi connectivity index (χ1) is 6.88. The first-order valence-corrected chi connectivity index (χ1v) is 6.96. The highest BCUT2D eigenvalue weighted by molar-refractivity contribution is 7.99. The predicted molar refractivity (Wildman–Crippen MR) is 63.8 cm³/mol. The predicted octanol–water partition coefficient (Wildman–Crippen LogP) is 1.88. The Morgan fingerprint density at radius 2 is 2.29 bits per heavy atom. The van der Waals surface area contributed by atoms with Crippen LogP contribution in [-0.2, 0) is 0 Å². The van der Waals surface area contributed by atoms with Gasteiger partial charge in [-0.15, -0.1) is 0 Å². The lowest BCUT2D eigenvalue weighted by atomic mass is 10.1. The first kappa shape index (κ1) is 12.3. The van der Waals surface area contributed by atoms with E-state index < -0.39 is 0 Å². The number of thioether (sulfide) groups is 1. The molecule has 2 nitrogen and oxygen atoms in total.